The van der Waals surface area contributed by atoms with Crippen molar-refractivity contribution in [2.24, 2.45) is 0 Å². The van der Waals surface area contributed by atoms with Crippen LogP contribution in [0.4, 0.5) is 0 Å². The Bertz CT molecular complexity index is 845. The number of aromatic nitrogens is 1. The number of rotatable bonds is 1. The van der Waals surface area contributed by atoms with Gasteiger partial charge in [0.1, 0.15) is 0 Å². The molecule has 5 rings (SSSR count). The number of aliphatic hydroxyl groups excluding tert-OH is 1. The first kappa shape index (κ1) is 21.0. The first-order valence-corrected chi connectivity index (χ1v) is 9.85. The molecule has 1 aromatic carbocycles. The van der Waals surface area contributed by atoms with Crippen LogP contribution in [0, 0.1) is 6.07 Å². The Morgan fingerprint density at radius 1 is 1.07 bits per heavy atom. The van der Waals surface area contributed by atoms with Gasteiger partial charge >= 0.3 is 0 Å². The fourth-order valence-corrected chi connectivity index (χ4v) is 5.96. The molecule has 0 amide bonds. The van der Waals surface area contributed by atoms with Crippen molar-refractivity contribution >= 4 is 5.78 Å². The molecule has 0 bridgehead atoms. The van der Waals surface area contributed by atoms with Crippen molar-refractivity contribution in [2.45, 2.75) is 63.2 Å². The first-order chi connectivity index (χ1) is 13.0. The molecule has 1 N–H and O–H groups in total. The molecule has 3 aliphatic carbocycles. The summed E-state index contributed by atoms with van der Waals surface area (Å²) in [7, 11) is 0. The summed E-state index contributed by atoms with van der Waals surface area (Å²) in [5.74, 6) is -0.0625. The van der Waals surface area contributed by atoms with Gasteiger partial charge in [0, 0.05) is 32.4 Å². The summed E-state index contributed by atoms with van der Waals surface area (Å²) in [6.07, 6.45) is 11.2. The summed E-state index contributed by atoms with van der Waals surface area (Å²) < 4.78 is 0. The number of allylic oxidation sites excluding steroid dienone is 2. The van der Waals surface area contributed by atoms with E-state index in [0.29, 0.717) is 10.8 Å². The van der Waals surface area contributed by atoms with Crippen LogP contribution >= 0.6 is 0 Å². The molecule has 0 spiro atoms. The minimum Gasteiger partial charge on any atom is -0.512 e. The predicted molar refractivity (Wildman–Crippen MR) is 107 cm³/mol. The molecule has 0 unspecified atom stereocenters. The number of benzene rings is 1. The number of carbonyl (C=O) groups excluding carboxylic acids is 1. The van der Waals surface area contributed by atoms with Gasteiger partial charge in [-0.25, -0.2) is 0 Å². The SMILES string of the molecule is CC(=O)C=C(C)O.[Ir].[c-]1cccc2c1-c1ncccc1C13CCCC21CCC3. The van der Waals surface area contributed by atoms with Gasteiger partial charge in [0.25, 0.3) is 0 Å². The molecule has 0 saturated heterocycles. The van der Waals surface area contributed by atoms with Gasteiger partial charge in [-0.05, 0) is 49.3 Å². The molecule has 4 heteroatoms. The molecule has 2 aromatic rings. The van der Waals surface area contributed by atoms with Crippen LogP contribution in [-0.2, 0) is 35.7 Å². The molecule has 1 radical (unpaired) electrons. The van der Waals surface area contributed by atoms with E-state index in [2.05, 4.69) is 30.3 Å². The number of aliphatic hydroxyl groups is 1. The zero-order valence-electron chi connectivity index (χ0n) is 16.4. The average molecular weight is 553 g/mol. The number of ketones is 1. The number of pyridine rings is 1. The fourth-order valence-electron chi connectivity index (χ4n) is 5.96. The minimum atomic E-state index is -0.125. The van der Waals surface area contributed by atoms with Crippen LogP contribution in [0.2, 0.25) is 0 Å². The Balaban J connectivity index is 0.000000246. The summed E-state index contributed by atoms with van der Waals surface area (Å²) in [4.78, 5) is 14.8. The minimum absolute atomic E-state index is 0. The van der Waals surface area contributed by atoms with E-state index in [1.54, 1.807) is 5.56 Å². The van der Waals surface area contributed by atoms with E-state index in [-0.39, 0.29) is 31.6 Å². The Hall–Kier alpha value is -1.77. The van der Waals surface area contributed by atoms with Crippen molar-refractivity contribution in [3.8, 4) is 11.3 Å². The van der Waals surface area contributed by atoms with Crippen molar-refractivity contribution in [1.82, 2.24) is 4.98 Å². The van der Waals surface area contributed by atoms with Crippen LogP contribution in [0.3, 0.4) is 0 Å². The van der Waals surface area contributed by atoms with E-state index in [1.807, 2.05) is 12.3 Å². The van der Waals surface area contributed by atoms with E-state index in [9.17, 15) is 4.79 Å². The van der Waals surface area contributed by atoms with Crippen molar-refractivity contribution in [3.63, 3.8) is 0 Å². The van der Waals surface area contributed by atoms with Crippen LogP contribution in [0.15, 0.2) is 48.4 Å². The van der Waals surface area contributed by atoms with Gasteiger partial charge in [-0.15, -0.1) is 35.4 Å². The maximum atomic E-state index is 10.0. The van der Waals surface area contributed by atoms with Gasteiger partial charge in [-0.2, -0.15) is 0 Å². The van der Waals surface area contributed by atoms with Crippen LogP contribution in [0.25, 0.3) is 11.3 Å². The largest absolute Gasteiger partial charge is 0.512 e. The Morgan fingerprint density at radius 3 is 2.25 bits per heavy atom. The van der Waals surface area contributed by atoms with Gasteiger partial charge in [-0.1, -0.05) is 37.3 Å². The van der Waals surface area contributed by atoms with Crippen molar-refractivity contribution < 1.29 is 30.0 Å². The van der Waals surface area contributed by atoms with Gasteiger partial charge in [0.15, 0.2) is 5.78 Å². The molecule has 149 valence electrons. The molecule has 28 heavy (non-hydrogen) atoms. The van der Waals surface area contributed by atoms with E-state index in [1.165, 1.54) is 75.3 Å². The number of hydrogen-bond donors (Lipinski definition) is 1. The molecule has 1 heterocycles. The van der Waals surface area contributed by atoms with Crippen LogP contribution in [-0.4, -0.2) is 15.9 Å². The van der Waals surface area contributed by atoms with Crippen LogP contribution in [0.1, 0.15) is 63.5 Å². The third kappa shape index (κ3) is 3.07. The maximum Gasteiger partial charge on any atom is 0.155 e. The van der Waals surface area contributed by atoms with Crippen molar-refractivity contribution in [3.05, 3.63) is 65.6 Å². The standard InChI is InChI=1S/C19H18N.C5H8O2.Ir/c1-2-7-15-14(6-1)17-16(8-3-13-20-17)19-11-4-9-18(15,19)10-5-12-19;1-4(6)3-5(2)7;/h1-3,7-8,13H,4-5,9-12H2;3,6H,1-2H3;/q-1;;. The van der Waals surface area contributed by atoms with E-state index >= 15 is 0 Å². The van der Waals surface area contributed by atoms with Gasteiger partial charge < -0.3 is 10.1 Å². The summed E-state index contributed by atoms with van der Waals surface area (Å²) in [5, 5.41) is 8.36. The van der Waals surface area contributed by atoms with Gasteiger partial charge in [-0.3, -0.25) is 4.79 Å². The van der Waals surface area contributed by atoms with Gasteiger partial charge in [0.2, 0.25) is 0 Å². The second kappa shape index (κ2) is 7.93. The third-order valence-electron chi connectivity index (χ3n) is 6.67. The average Bonchev–Trinajstić information content (AvgIpc) is 3.19. The summed E-state index contributed by atoms with van der Waals surface area (Å²) in [6, 6.07) is 14.5. The number of hydrogen-bond acceptors (Lipinski definition) is 3. The molecule has 3 nitrogen and oxygen atoms in total. The summed E-state index contributed by atoms with van der Waals surface area (Å²) in [6.45, 7) is 2.85. The quantitative estimate of drug-likeness (QED) is 0.291. The third-order valence-corrected chi connectivity index (χ3v) is 6.67. The number of fused-ring (bicyclic) bond motifs is 3. The first-order valence-electron chi connectivity index (χ1n) is 9.85. The van der Waals surface area contributed by atoms with E-state index < -0.39 is 0 Å². The van der Waals surface area contributed by atoms with Gasteiger partial charge in [0.05, 0.1) is 5.76 Å². The second-order valence-corrected chi connectivity index (χ2v) is 8.13. The molecule has 0 atom stereocenters. The summed E-state index contributed by atoms with van der Waals surface area (Å²) in [5.41, 5.74) is 6.31. The molecule has 0 aliphatic heterocycles. The topological polar surface area (TPSA) is 50.2 Å². The second-order valence-electron chi connectivity index (χ2n) is 8.13. The van der Waals surface area contributed by atoms with Crippen LogP contribution < -0.4 is 0 Å². The normalized spacial score (nSPS) is 26.6. The maximum absolute atomic E-state index is 10.0. The zero-order chi connectivity index (χ0) is 19.1. The monoisotopic (exact) mass is 553 g/mol. The molecule has 1 aromatic heterocycles. The molecular formula is C24H26IrNO2-. The van der Waals surface area contributed by atoms with E-state index in [4.69, 9.17) is 10.1 Å². The zero-order valence-corrected chi connectivity index (χ0v) is 18.8. The summed E-state index contributed by atoms with van der Waals surface area (Å²) >= 11 is 0. The molecule has 3 aliphatic rings. The molecular weight excluding hydrogens is 526 g/mol. The predicted octanol–water partition coefficient (Wildman–Crippen LogP) is 5.44. The Labute approximate surface area is 180 Å². The van der Waals surface area contributed by atoms with E-state index in [0.717, 1.165) is 0 Å². The fraction of sp³-hybridized carbons (Fsp3) is 0.417. The molecule has 2 fully saturated rings. The van der Waals surface area contributed by atoms with Crippen molar-refractivity contribution in [2.75, 3.05) is 0 Å². The Morgan fingerprint density at radius 2 is 1.68 bits per heavy atom. The van der Waals surface area contributed by atoms with Crippen molar-refractivity contribution in [1.29, 1.82) is 0 Å². The smallest absolute Gasteiger partial charge is 0.155 e. The molecule has 2 saturated carbocycles. The van der Waals surface area contributed by atoms with Crippen LogP contribution in [0.5, 0.6) is 0 Å². The number of nitrogens with zero attached hydrogens (tertiary/aromatic N) is 1. The Kier molecular flexibility index (Phi) is 5.93. The number of carbonyl (C=O) groups is 1.